The normalized spacial score (nSPS) is 13.2. The summed E-state index contributed by atoms with van der Waals surface area (Å²) >= 11 is 12.2. The van der Waals surface area contributed by atoms with Crippen LogP contribution in [0.2, 0.25) is 5.02 Å². The molecule has 8 nitrogen and oxygen atoms in total. The van der Waals surface area contributed by atoms with Gasteiger partial charge in [-0.1, -0.05) is 29.3 Å². The molecule has 0 saturated heterocycles. The third-order valence-electron chi connectivity index (χ3n) is 5.16. The highest BCUT2D eigenvalue weighted by molar-refractivity contribution is 6.53. The van der Waals surface area contributed by atoms with Gasteiger partial charge in [-0.25, -0.2) is 4.90 Å². The SMILES string of the molecule is COc1ccc(N2C(=O)C(Cl)=C(Nc3cccc(C(=O)Nc4cc(Cl)ccc4OC)c3)C2=O)cc1. The molecule has 3 amide bonds. The molecule has 0 bridgehead atoms. The van der Waals surface area contributed by atoms with Crippen molar-refractivity contribution in [2.75, 3.05) is 29.8 Å². The van der Waals surface area contributed by atoms with Gasteiger partial charge in [0, 0.05) is 16.3 Å². The molecule has 0 unspecified atom stereocenters. The van der Waals surface area contributed by atoms with Crippen molar-refractivity contribution in [3.8, 4) is 11.5 Å². The van der Waals surface area contributed by atoms with E-state index in [1.54, 1.807) is 60.7 Å². The Labute approximate surface area is 211 Å². The van der Waals surface area contributed by atoms with Crippen molar-refractivity contribution >= 4 is 58.0 Å². The second-order valence-corrected chi connectivity index (χ2v) is 8.15. The summed E-state index contributed by atoms with van der Waals surface area (Å²) in [5.41, 5.74) is 1.33. The standard InChI is InChI=1S/C25H19Cl2N3O5/c1-34-18-9-7-17(8-10-18)30-24(32)21(27)22(25(30)33)28-16-5-3-4-14(12-16)23(31)29-19-13-15(26)6-11-20(19)35-2/h3-13,28H,1-2H3,(H,29,31). The van der Waals surface area contributed by atoms with Gasteiger partial charge in [0.15, 0.2) is 0 Å². The largest absolute Gasteiger partial charge is 0.497 e. The van der Waals surface area contributed by atoms with E-state index in [-0.39, 0.29) is 16.3 Å². The first-order valence-electron chi connectivity index (χ1n) is 10.3. The van der Waals surface area contributed by atoms with Crippen LogP contribution in [0.3, 0.4) is 0 Å². The summed E-state index contributed by atoms with van der Waals surface area (Å²) in [6.45, 7) is 0. The van der Waals surface area contributed by atoms with Crippen molar-refractivity contribution in [3.63, 3.8) is 0 Å². The number of carbonyl (C=O) groups is 3. The minimum atomic E-state index is -0.661. The van der Waals surface area contributed by atoms with Gasteiger partial charge >= 0.3 is 0 Å². The summed E-state index contributed by atoms with van der Waals surface area (Å²) in [4.78, 5) is 39.5. The molecular weight excluding hydrogens is 493 g/mol. The number of nitrogens with zero attached hydrogens (tertiary/aromatic N) is 1. The predicted molar refractivity (Wildman–Crippen MR) is 134 cm³/mol. The van der Waals surface area contributed by atoms with E-state index in [0.29, 0.717) is 33.6 Å². The summed E-state index contributed by atoms with van der Waals surface area (Å²) in [5, 5.41) is 5.79. The van der Waals surface area contributed by atoms with Crippen LogP contribution in [-0.4, -0.2) is 31.9 Å². The van der Waals surface area contributed by atoms with Gasteiger partial charge in [0.25, 0.3) is 17.7 Å². The molecule has 1 heterocycles. The average molecular weight is 512 g/mol. The van der Waals surface area contributed by atoms with Gasteiger partial charge in [-0.3, -0.25) is 14.4 Å². The Morgan fingerprint density at radius 3 is 2.31 bits per heavy atom. The maximum Gasteiger partial charge on any atom is 0.283 e. The Morgan fingerprint density at radius 2 is 1.63 bits per heavy atom. The number of rotatable bonds is 7. The zero-order chi connectivity index (χ0) is 25.1. The number of ether oxygens (including phenoxy) is 2. The molecular formula is C25H19Cl2N3O5. The highest BCUT2D eigenvalue weighted by Crippen LogP contribution is 2.32. The molecule has 1 aliphatic heterocycles. The molecule has 0 fully saturated rings. The fourth-order valence-electron chi connectivity index (χ4n) is 3.43. The van der Waals surface area contributed by atoms with Crippen LogP contribution < -0.4 is 25.0 Å². The molecule has 3 aromatic rings. The van der Waals surface area contributed by atoms with Crippen LogP contribution in [0, 0.1) is 0 Å². The Hall–Kier alpha value is -4.01. The quantitative estimate of drug-likeness (QED) is 0.431. The lowest BCUT2D eigenvalue weighted by molar-refractivity contribution is -0.120. The van der Waals surface area contributed by atoms with Crippen LogP contribution in [-0.2, 0) is 9.59 Å². The first-order chi connectivity index (χ1) is 16.8. The second-order valence-electron chi connectivity index (χ2n) is 7.34. The van der Waals surface area contributed by atoms with Gasteiger partial charge < -0.3 is 20.1 Å². The van der Waals surface area contributed by atoms with E-state index in [4.69, 9.17) is 32.7 Å². The van der Waals surface area contributed by atoms with Crippen LogP contribution in [0.15, 0.2) is 77.5 Å². The third-order valence-corrected chi connectivity index (χ3v) is 5.75. The van der Waals surface area contributed by atoms with Gasteiger partial charge in [-0.05, 0) is 60.7 Å². The average Bonchev–Trinajstić information content (AvgIpc) is 3.07. The maximum atomic E-state index is 13.0. The summed E-state index contributed by atoms with van der Waals surface area (Å²) in [6.07, 6.45) is 0. The Balaban J connectivity index is 1.54. The molecule has 0 atom stereocenters. The first-order valence-corrected chi connectivity index (χ1v) is 11.0. The van der Waals surface area contributed by atoms with E-state index in [1.165, 1.54) is 20.3 Å². The smallest absolute Gasteiger partial charge is 0.283 e. The molecule has 4 rings (SSSR count). The Morgan fingerprint density at radius 1 is 0.886 bits per heavy atom. The maximum absolute atomic E-state index is 13.0. The molecule has 3 aromatic carbocycles. The van der Waals surface area contributed by atoms with Crippen LogP contribution >= 0.6 is 23.2 Å². The van der Waals surface area contributed by atoms with E-state index >= 15 is 0 Å². The number of methoxy groups -OCH3 is 2. The molecule has 10 heteroatoms. The molecule has 0 spiro atoms. The number of hydrogen-bond acceptors (Lipinski definition) is 6. The van der Waals surface area contributed by atoms with E-state index in [1.807, 2.05) is 0 Å². The monoisotopic (exact) mass is 511 g/mol. The second kappa shape index (κ2) is 10.1. The summed E-state index contributed by atoms with van der Waals surface area (Å²) in [5.74, 6) is -0.684. The predicted octanol–water partition coefficient (Wildman–Crippen LogP) is 5.05. The molecule has 1 aliphatic rings. The number of amides is 3. The van der Waals surface area contributed by atoms with Crippen LogP contribution in [0.25, 0.3) is 0 Å². The lowest BCUT2D eigenvalue weighted by Crippen LogP contribution is -2.32. The van der Waals surface area contributed by atoms with Crippen molar-refractivity contribution < 1.29 is 23.9 Å². The molecule has 35 heavy (non-hydrogen) atoms. The lowest BCUT2D eigenvalue weighted by Gasteiger charge is -2.15. The van der Waals surface area contributed by atoms with E-state index in [9.17, 15) is 14.4 Å². The fraction of sp³-hybridized carbons (Fsp3) is 0.0800. The molecule has 0 radical (unpaired) electrons. The Kier molecular flexibility index (Phi) is 6.95. The van der Waals surface area contributed by atoms with Crippen molar-refractivity contribution in [2.24, 2.45) is 0 Å². The number of hydrogen-bond donors (Lipinski definition) is 2. The zero-order valence-corrected chi connectivity index (χ0v) is 20.1. The number of imide groups is 1. The topological polar surface area (TPSA) is 97.0 Å². The highest BCUT2D eigenvalue weighted by atomic mass is 35.5. The van der Waals surface area contributed by atoms with E-state index < -0.39 is 17.7 Å². The molecule has 2 N–H and O–H groups in total. The van der Waals surface area contributed by atoms with Gasteiger partial charge in [0.1, 0.15) is 22.2 Å². The molecule has 0 aromatic heterocycles. The zero-order valence-electron chi connectivity index (χ0n) is 18.6. The summed E-state index contributed by atoms with van der Waals surface area (Å²) in [6, 6.07) is 17.7. The Bertz CT molecular complexity index is 1360. The van der Waals surface area contributed by atoms with Crippen LogP contribution in [0.5, 0.6) is 11.5 Å². The molecule has 178 valence electrons. The number of carbonyl (C=O) groups excluding carboxylic acids is 3. The van der Waals surface area contributed by atoms with Gasteiger partial charge in [0.2, 0.25) is 0 Å². The number of benzene rings is 3. The first kappa shape index (κ1) is 24.1. The third kappa shape index (κ3) is 4.94. The van der Waals surface area contributed by atoms with E-state index in [0.717, 1.165) is 4.90 Å². The number of nitrogens with one attached hydrogen (secondary N) is 2. The van der Waals surface area contributed by atoms with Crippen LogP contribution in [0.1, 0.15) is 10.4 Å². The number of anilines is 3. The van der Waals surface area contributed by atoms with Crippen molar-refractivity contribution in [1.29, 1.82) is 0 Å². The summed E-state index contributed by atoms with van der Waals surface area (Å²) < 4.78 is 10.4. The van der Waals surface area contributed by atoms with Gasteiger partial charge in [-0.15, -0.1) is 0 Å². The van der Waals surface area contributed by atoms with Crippen molar-refractivity contribution in [1.82, 2.24) is 0 Å². The molecule has 0 aliphatic carbocycles. The van der Waals surface area contributed by atoms with Crippen molar-refractivity contribution in [2.45, 2.75) is 0 Å². The van der Waals surface area contributed by atoms with E-state index in [2.05, 4.69) is 10.6 Å². The fourth-order valence-corrected chi connectivity index (χ4v) is 3.82. The lowest BCUT2D eigenvalue weighted by atomic mass is 10.1. The highest BCUT2D eigenvalue weighted by Gasteiger charge is 2.39. The van der Waals surface area contributed by atoms with Crippen LogP contribution in [0.4, 0.5) is 17.1 Å². The molecule has 0 saturated carbocycles. The van der Waals surface area contributed by atoms with Gasteiger partial charge in [0.05, 0.1) is 25.6 Å². The van der Waals surface area contributed by atoms with Crippen molar-refractivity contribution in [3.05, 3.63) is 88.0 Å². The van der Waals surface area contributed by atoms with Gasteiger partial charge in [-0.2, -0.15) is 0 Å². The minimum absolute atomic E-state index is 0.0958. The summed E-state index contributed by atoms with van der Waals surface area (Å²) in [7, 11) is 3.00. The minimum Gasteiger partial charge on any atom is -0.497 e. The number of halogens is 2.